The minimum absolute atomic E-state index is 0. The van der Waals surface area contributed by atoms with Gasteiger partial charge in [0.2, 0.25) is 0 Å². The Balaban J connectivity index is 0.000000200. The number of anilines is 2. The molecule has 6 aromatic rings. The first-order valence-corrected chi connectivity index (χ1v) is 13.5. The first-order chi connectivity index (χ1) is 21.3. The second-order valence-corrected chi connectivity index (χ2v) is 9.76. The Bertz CT molecular complexity index is 1860. The molecule has 0 spiro atoms. The molecule has 0 radical (unpaired) electrons. The van der Waals surface area contributed by atoms with Gasteiger partial charge in [-0.15, -0.1) is 0 Å². The van der Waals surface area contributed by atoms with Gasteiger partial charge in [0, 0.05) is 22.5 Å². The van der Waals surface area contributed by atoms with Crippen LogP contribution in [0.3, 0.4) is 0 Å². The van der Waals surface area contributed by atoms with Crippen molar-refractivity contribution in [1.82, 2.24) is 0 Å². The van der Waals surface area contributed by atoms with Gasteiger partial charge in [-0.05, 0) is 81.2 Å². The first kappa shape index (κ1) is 32.9. The van der Waals surface area contributed by atoms with Crippen LogP contribution in [-0.2, 0) is 0 Å². The fourth-order valence-electron chi connectivity index (χ4n) is 4.46. The van der Waals surface area contributed by atoms with E-state index in [0.29, 0.717) is 22.5 Å². The van der Waals surface area contributed by atoms with Crippen LogP contribution in [0.5, 0.6) is 0 Å². The zero-order valence-electron chi connectivity index (χ0n) is 23.9. The van der Waals surface area contributed by atoms with Crippen molar-refractivity contribution < 1.29 is 29.4 Å². The second-order valence-electron chi connectivity index (χ2n) is 9.76. The third-order valence-corrected chi connectivity index (χ3v) is 6.78. The molecule has 0 aliphatic rings. The summed E-state index contributed by atoms with van der Waals surface area (Å²) in [7, 11) is 0. The summed E-state index contributed by atoms with van der Waals surface area (Å²) in [6.45, 7) is 0. The van der Waals surface area contributed by atoms with Crippen LogP contribution in [0.4, 0.5) is 11.4 Å². The molecule has 0 aromatic heterocycles. The molecule has 0 aliphatic heterocycles. The maximum absolute atomic E-state index is 12.2. The minimum Gasteiger partial charge on any atom is -0.545 e. The van der Waals surface area contributed by atoms with Crippen LogP contribution >= 0.6 is 0 Å². The second kappa shape index (κ2) is 15.1. The number of amides is 2. The van der Waals surface area contributed by atoms with Gasteiger partial charge in [-0.1, -0.05) is 84.9 Å². The number of rotatable bonds is 6. The molecule has 0 unspecified atom stereocenters. The maximum atomic E-state index is 12.2. The summed E-state index contributed by atoms with van der Waals surface area (Å²) in [4.78, 5) is 45.7. The van der Waals surface area contributed by atoms with Gasteiger partial charge < -0.3 is 30.4 Å². The van der Waals surface area contributed by atoms with Crippen LogP contribution in [0, 0.1) is 0 Å². The summed E-state index contributed by atoms with van der Waals surface area (Å²) in [5, 5.41) is 31.2. The number of benzene rings is 6. The molecule has 8 nitrogen and oxygen atoms in total. The number of fused-ring (bicyclic) bond motifs is 2. The van der Waals surface area contributed by atoms with Gasteiger partial charge in [-0.3, -0.25) is 9.59 Å². The van der Waals surface area contributed by atoms with Crippen molar-refractivity contribution in [2.75, 3.05) is 10.6 Å². The first-order valence-electron chi connectivity index (χ1n) is 13.5. The van der Waals surface area contributed by atoms with Gasteiger partial charge in [0.25, 0.3) is 11.8 Å². The summed E-state index contributed by atoms with van der Waals surface area (Å²) in [5.74, 6) is -3.11. The molecular weight excluding hydrogens is 596 g/mol. The van der Waals surface area contributed by atoms with E-state index in [4.69, 9.17) is 0 Å². The van der Waals surface area contributed by atoms with Gasteiger partial charge in [-0.25, -0.2) is 0 Å². The molecule has 0 saturated carbocycles. The van der Waals surface area contributed by atoms with E-state index in [9.17, 15) is 29.4 Å². The normalized spacial score (nSPS) is 10.1. The summed E-state index contributed by atoms with van der Waals surface area (Å²) in [5.41, 5.74) is 2.24. The fourth-order valence-corrected chi connectivity index (χ4v) is 4.46. The molecule has 0 fully saturated rings. The van der Waals surface area contributed by atoms with Crippen molar-refractivity contribution in [2.24, 2.45) is 0 Å². The van der Waals surface area contributed by atoms with Crippen LogP contribution in [0.1, 0.15) is 41.4 Å². The van der Waals surface area contributed by atoms with Crippen LogP contribution in [-0.4, -0.2) is 61.5 Å². The number of hydrogen-bond donors (Lipinski definition) is 2. The van der Waals surface area contributed by atoms with E-state index in [1.54, 1.807) is 0 Å². The van der Waals surface area contributed by atoms with Gasteiger partial charge in [0.15, 0.2) is 0 Å². The zero-order valence-corrected chi connectivity index (χ0v) is 26.1. The smallest absolute Gasteiger partial charge is 0.545 e. The number of carbonyl (C=O) groups excluding carboxylic acids is 4. The third-order valence-electron chi connectivity index (χ3n) is 6.78. The van der Waals surface area contributed by atoms with Crippen LogP contribution in [0.2, 0.25) is 0 Å². The molecule has 9 heteroatoms. The Kier molecular flexibility index (Phi) is 11.0. The average molecular weight is 621 g/mol. The van der Waals surface area contributed by atoms with E-state index in [-0.39, 0.29) is 60.7 Å². The van der Waals surface area contributed by atoms with Gasteiger partial charge in [0.1, 0.15) is 0 Å². The van der Waals surface area contributed by atoms with E-state index >= 15 is 0 Å². The topological polar surface area (TPSA) is 138 Å². The molecule has 6 aromatic carbocycles. The Labute approximate surface area is 288 Å². The maximum Gasteiger partial charge on any atom is 2.00 e. The molecular formula is C36H24CaN2O6. The van der Waals surface area contributed by atoms with E-state index in [0.717, 1.165) is 21.5 Å². The van der Waals surface area contributed by atoms with Gasteiger partial charge in [0.05, 0.1) is 11.9 Å². The van der Waals surface area contributed by atoms with Crippen molar-refractivity contribution in [2.45, 2.75) is 0 Å². The summed E-state index contributed by atoms with van der Waals surface area (Å²) < 4.78 is 0. The molecule has 0 heterocycles. The standard InChI is InChI=1S/2C18H13NO3.Ca/c2*20-17(13-5-7-14(8-6-13)18(21)22)19-16-10-9-12-3-1-2-4-15(12)11-16;/h2*1-11H,(H,19,20)(H,21,22);/q;;+2/p-2. The molecule has 0 saturated heterocycles. The molecule has 45 heavy (non-hydrogen) atoms. The van der Waals surface area contributed by atoms with Crippen molar-refractivity contribution in [3.8, 4) is 0 Å². The van der Waals surface area contributed by atoms with Crippen LogP contribution in [0.25, 0.3) is 21.5 Å². The van der Waals surface area contributed by atoms with Crippen LogP contribution < -0.4 is 20.8 Å². The number of nitrogens with one attached hydrogen (secondary N) is 2. The number of aromatic carboxylic acids is 2. The van der Waals surface area contributed by atoms with E-state index < -0.39 is 11.9 Å². The van der Waals surface area contributed by atoms with Gasteiger partial charge in [-0.2, -0.15) is 0 Å². The SMILES string of the molecule is O=C([O-])c1ccc(C(=O)Nc2ccc3ccccc3c2)cc1.O=C([O-])c1ccc(C(=O)Nc2ccc3ccccc3c2)cc1.[Ca+2]. The Morgan fingerprint density at radius 1 is 0.400 bits per heavy atom. The Hall–Kier alpha value is -5.02. The van der Waals surface area contributed by atoms with Crippen molar-refractivity contribution in [1.29, 1.82) is 0 Å². The molecule has 0 aliphatic carbocycles. The Morgan fingerprint density at radius 3 is 1.04 bits per heavy atom. The zero-order chi connectivity index (χ0) is 31.1. The molecule has 0 atom stereocenters. The molecule has 0 bridgehead atoms. The van der Waals surface area contributed by atoms with Gasteiger partial charge >= 0.3 is 37.7 Å². The number of carbonyl (C=O) groups is 4. The van der Waals surface area contributed by atoms with Crippen molar-refractivity contribution in [3.05, 3.63) is 156 Å². The predicted octanol–water partition coefficient (Wildman–Crippen LogP) is 4.53. The molecule has 2 N–H and O–H groups in total. The Morgan fingerprint density at radius 2 is 0.711 bits per heavy atom. The number of carboxylic acid groups (broad SMARTS) is 2. The molecule has 2 amide bonds. The minimum atomic E-state index is -1.26. The summed E-state index contributed by atoms with van der Waals surface area (Å²) >= 11 is 0. The summed E-state index contributed by atoms with van der Waals surface area (Å²) in [6.07, 6.45) is 0. The average Bonchev–Trinajstić information content (AvgIpc) is 3.05. The molecule has 6 rings (SSSR count). The largest absolute Gasteiger partial charge is 2.00 e. The quantitative estimate of drug-likeness (QED) is 0.263. The third kappa shape index (κ3) is 8.55. The summed E-state index contributed by atoms with van der Waals surface area (Å²) in [6, 6.07) is 38.3. The fraction of sp³-hybridized carbons (Fsp3) is 0. The monoisotopic (exact) mass is 620 g/mol. The van der Waals surface area contributed by atoms with Crippen molar-refractivity contribution in [3.63, 3.8) is 0 Å². The predicted molar refractivity (Wildman–Crippen MR) is 171 cm³/mol. The number of carboxylic acids is 2. The van der Waals surface area contributed by atoms with Crippen LogP contribution in [0.15, 0.2) is 133 Å². The number of hydrogen-bond acceptors (Lipinski definition) is 6. The van der Waals surface area contributed by atoms with E-state index in [1.807, 2.05) is 84.9 Å². The van der Waals surface area contributed by atoms with E-state index in [2.05, 4.69) is 10.6 Å². The van der Waals surface area contributed by atoms with Crippen molar-refractivity contribution >= 4 is 94.4 Å². The molecule has 216 valence electrons. The van der Waals surface area contributed by atoms with E-state index in [1.165, 1.54) is 48.5 Å².